The van der Waals surface area contributed by atoms with Crippen molar-refractivity contribution in [2.75, 3.05) is 19.6 Å². The maximum Gasteiger partial charge on any atom is 0.272 e. The summed E-state index contributed by atoms with van der Waals surface area (Å²) in [5.41, 5.74) is 2.98. The highest BCUT2D eigenvalue weighted by Gasteiger charge is 2.36. The number of H-pyrrole nitrogens is 1. The lowest BCUT2D eigenvalue weighted by atomic mass is 9.83. The van der Waals surface area contributed by atoms with Crippen molar-refractivity contribution in [2.45, 2.75) is 45.1 Å². The number of piperidine rings is 3. The molecule has 0 spiro atoms. The van der Waals surface area contributed by atoms with Gasteiger partial charge in [0.1, 0.15) is 0 Å². The van der Waals surface area contributed by atoms with Crippen LogP contribution in [0.2, 0.25) is 0 Å². The van der Waals surface area contributed by atoms with E-state index in [0.717, 1.165) is 24.9 Å². The van der Waals surface area contributed by atoms with Gasteiger partial charge in [-0.05, 0) is 57.0 Å². The number of fused-ring (bicyclic) bond motifs is 4. The molecule has 2 N–H and O–H groups in total. The monoisotopic (exact) mass is 288 g/mol. The maximum absolute atomic E-state index is 12.6. The highest BCUT2D eigenvalue weighted by Crippen LogP contribution is 2.29. The number of aromatic nitrogens is 2. The summed E-state index contributed by atoms with van der Waals surface area (Å²) in [5, 5.41) is 10.6. The molecule has 0 aromatic carbocycles. The Morgan fingerprint density at radius 1 is 1.33 bits per heavy atom. The van der Waals surface area contributed by atoms with Gasteiger partial charge in [-0.1, -0.05) is 6.92 Å². The number of carbonyl (C=O) groups excluding carboxylic acids is 1. The lowest BCUT2D eigenvalue weighted by Crippen LogP contribution is -2.57. The first kappa shape index (κ1) is 13.3. The molecule has 4 aliphatic rings. The third kappa shape index (κ3) is 2.37. The zero-order chi connectivity index (χ0) is 14.4. The molecule has 5 rings (SSSR count). The zero-order valence-electron chi connectivity index (χ0n) is 12.7. The van der Waals surface area contributed by atoms with Crippen molar-refractivity contribution in [3.05, 3.63) is 17.0 Å². The van der Waals surface area contributed by atoms with Crippen molar-refractivity contribution < 1.29 is 4.79 Å². The summed E-state index contributed by atoms with van der Waals surface area (Å²) in [7, 11) is 0. The molecule has 5 nitrogen and oxygen atoms in total. The molecule has 1 aromatic heterocycles. The van der Waals surface area contributed by atoms with E-state index in [1.807, 2.05) is 0 Å². The number of amides is 1. The number of hydrogen-bond acceptors (Lipinski definition) is 3. The standard InChI is InChI=1S/C16H24N4O/c1-10-2-3-13-12(8-10)15(19-18-13)16(21)17-14-9-20-6-4-11(14)5-7-20/h10-11,14H,2-9H2,1H3,(H,17,21)(H,18,19)/t10-,14+/m0/s1. The molecule has 2 atom stereocenters. The van der Waals surface area contributed by atoms with Gasteiger partial charge in [-0.15, -0.1) is 0 Å². The Morgan fingerprint density at radius 2 is 2.14 bits per heavy atom. The summed E-state index contributed by atoms with van der Waals surface area (Å²) in [6, 6.07) is 0.313. The van der Waals surface area contributed by atoms with Crippen molar-refractivity contribution in [1.82, 2.24) is 20.4 Å². The molecule has 21 heavy (non-hydrogen) atoms. The Bertz CT molecular complexity index is 544. The van der Waals surface area contributed by atoms with Crippen LogP contribution in [0.1, 0.15) is 47.9 Å². The normalized spacial score (nSPS) is 34.5. The first-order valence-corrected chi connectivity index (χ1v) is 8.30. The van der Waals surface area contributed by atoms with Gasteiger partial charge in [0.25, 0.3) is 5.91 Å². The average Bonchev–Trinajstić information content (AvgIpc) is 2.91. The number of aromatic amines is 1. The van der Waals surface area contributed by atoms with E-state index in [-0.39, 0.29) is 5.91 Å². The number of carbonyl (C=O) groups is 1. The van der Waals surface area contributed by atoms with Crippen molar-refractivity contribution in [2.24, 2.45) is 11.8 Å². The van der Waals surface area contributed by atoms with Crippen molar-refractivity contribution in [1.29, 1.82) is 0 Å². The molecule has 0 radical (unpaired) electrons. The summed E-state index contributed by atoms with van der Waals surface area (Å²) in [5.74, 6) is 1.34. The summed E-state index contributed by atoms with van der Waals surface area (Å²) in [4.78, 5) is 15.1. The maximum atomic E-state index is 12.6. The molecule has 3 fully saturated rings. The zero-order valence-corrected chi connectivity index (χ0v) is 12.7. The molecule has 0 saturated carbocycles. The number of hydrogen-bond donors (Lipinski definition) is 2. The molecule has 114 valence electrons. The van der Waals surface area contributed by atoms with E-state index in [4.69, 9.17) is 0 Å². The summed E-state index contributed by atoms with van der Waals surface area (Å²) in [6.07, 6.45) is 5.64. The van der Waals surface area contributed by atoms with Crippen LogP contribution >= 0.6 is 0 Å². The first-order valence-electron chi connectivity index (χ1n) is 8.30. The molecule has 1 aliphatic carbocycles. The fourth-order valence-corrected chi connectivity index (χ4v) is 4.22. The van der Waals surface area contributed by atoms with Gasteiger partial charge in [-0.3, -0.25) is 9.89 Å². The topological polar surface area (TPSA) is 61.0 Å². The highest BCUT2D eigenvalue weighted by molar-refractivity contribution is 5.94. The van der Waals surface area contributed by atoms with E-state index in [1.54, 1.807) is 0 Å². The third-order valence-electron chi connectivity index (χ3n) is 5.58. The van der Waals surface area contributed by atoms with E-state index in [0.29, 0.717) is 23.6 Å². The minimum Gasteiger partial charge on any atom is -0.346 e. The number of rotatable bonds is 2. The van der Waals surface area contributed by atoms with Gasteiger partial charge in [-0.2, -0.15) is 5.10 Å². The fraction of sp³-hybridized carbons (Fsp3) is 0.750. The second kappa shape index (κ2) is 5.13. The highest BCUT2D eigenvalue weighted by atomic mass is 16.2. The quantitative estimate of drug-likeness (QED) is 0.864. The van der Waals surface area contributed by atoms with Crippen LogP contribution in [0.5, 0.6) is 0 Å². The minimum absolute atomic E-state index is 0.0281. The van der Waals surface area contributed by atoms with Gasteiger partial charge in [0.2, 0.25) is 0 Å². The molecule has 2 bridgehead atoms. The van der Waals surface area contributed by atoms with Gasteiger partial charge in [-0.25, -0.2) is 0 Å². The Morgan fingerprint density at radius 3 is 2.86 bits per heavy atom. The Kier molecular flexibility index (Phi) is 3.25. The van der Waals surface area contributed by atoms with Crippen LogP contribution in [-0.4, -0.2) is 46.7 Å². The molecule has 1 aromatic rings. The van der Waals surface area contributed by atoms with Crippen LogP contribution < -0.4 is 5.32 Å². The van der Waals surface area contributed by atoms with Crippen molar-refractivity contribution in [3.63, 3.8) is 0 Å². The van der Waals surface area contributed by atoms with Crippen LogP contribution in [0.4, 0.5) is 0 Å². The first-order chi connectivity index (χ1) is 10.2. The molecule has 0 unspecified atom stereocenters. The fourth-order valence-electron chi connectivity index (χ4n) is 4.22. The molecule has 4 heterocycles. The summed E-state index contributed by atoms with van der Waals surface area (Å²) >= 11 is 0. The van der Waals surface area contributed by atoms with Crippen LogP contribution in [0, 0.1) is 11.8 Å². The second-order valence-corrected chi connectivity index (χ2v) is 7.10. The number of nitrogens with one attached hydrogen (secondary N) is 2. The van der Waals surface area contributed by atoms with Crippen molar-refractivity contribution >= 4 is 5.91 Å². The van der Waals surface area contributed by atoms with Gasteiger partial charge < -0.3 is 10.2 Å². The smallest absolute Gasteiger partial charge is 0.272 e. The van der Waals surface area contributed by atoms with Gasteiger partial charge in [0.05, 0.1) is 0 Å². The SMILES string of the molecule is C[C@H]1CCc2[nH]nc(C(=O)N[C@@H]3CN4CCC3CC4)c2C1. The molecule has 1 amide bonds. The molecule has 5 heteroatoms. The number of aryl methyl sites for hydroxylation is 1. The van der Waals surface area contributed by atoms with Crippen molar-refractivity contribution in [3.8, 4) is 0 Å². The predicted octanol–water partition coefficient (Wildman–Crippen LogP) is 1.36. The van der Waals surface area contributed by atoms with Crippen LogP contribution in [0.25, 0.3) is 0 Å². The van der Waals surface area contributed by atoms with Gasteiger partial charge in [0, 0.05) is 23.8 Å². The summed E-state index contributed by atoms with van der Waals surface area (Å²) < 4.78 is 0. The Labute approximate surface area is 125 Å². The lowest BCUT2D eigenvalue weighted by Gasteiger charge is -2.44. The predicted molar refractivity (Wildman–Crippen MR) is 80.2 cm³/mol. The minimum atomic E-state index is 0.0281. The van der Waals surface area contributed by atoms with E-state index in [2.05, 4.69) is 27.3 Å². The van der Waals surface area contributed by atoms with Crippen LogP contribution in [0.15, 0.2) is 0 Å². The number of nitrogens with zero attached hydrogens (tertiary/aromatic N) is 2. The Hall–Kier alpha value is -1.36. The average molecular weight is 288 g/mol. The van der Waals surface area contributed by atoms with E-state index in [1.165, 1.54) is 38.0 Å². The largest absolute Gasteiger partial charge is 0.346 e. The van der Waals surface area contributed by atoms with E-state index in [9.17, 15) is 4.79 Å². The van der Waals surface area contributed by atoms with Gasteiger partial charge >= 0.3 is 0 Å². The molecule has 3 aliphatic heterocycles. The van der Waals surface area contributed by atoms with E-state index >= 15 is 0 Å². The molecular formula is C16H24N4O. The van der Waals surface area contributed by atoms with Gasteiger partial charge in [0.15, 0.2) is 5.69 Å². The third-order valence-corrected chi connectivity index (χ3v) is 5.58. The Balaban J connectivity index is 1.49. The molecular weight excluding hydrogens is 264 g/mol. The lowest BCUT2D eigenvalue weighted by molar-refractivity contribution is 0.0617. The van der Waals surface area contributed by atoms with Crippen LogP contribution in [0.3, 0.4) is 0 Å². The second-order valence-electron chi connectivity index (χ2n) is 7.10. The summed E-state index contributed by atoms with van der Waals surface area (Å²) in [6.45, 7) is 5.67. The molecule has 3 saturated heterocycles. The van der Waals surface area contributed by atoms with Crippen LogP contribution in [-0.2, 0) is 12.8 Å². The van der Waals surface area contributed by atoms with E-state index < -0.39 is 0 Å².